The summed E-state index contributed by atoms with van der Waals surface area (Å²) in [5, 5.41) is 9.28. The lowest BCUT2D eigenvalue weighted by Crippen LogP contribution is -2.26. The fourth-order valence-electron chi connectivity index (χ4n) is 2.87. The Bertz CT molecular complexity index is 402. The first-order valence-corrected chi connectivity index (χ1v) is 6.67. The van der Waals surface area contributed by atoms with Crippen LogP contribution in [0.3, 0.4) is 0 Å². The molecular formula is C14H21N3. The first kappa shape index (κ1) is 12.2. The molecule has 3 unspecified atom stereocenters. The highest BCUT2D eigenvalue weighted by atomic mass is 15.1. The first-order chi connectivity index (χ1) is 8.26. The highest BCUT2D eigenvalue weighted by Crippen LogP contribution is 2.37. The molecule has 0 spiro atoms. The van der Waals surface area contributed by atoms with Gasteiger partial charge in [-0.05, 0) is 31.6 Å². The van der Waals surface area contributed by atoms with E-state index in [0.717, 1.165) is 37.4 Å². The van der Waals surface area contributed by atoms with Crippen LogP contribution in [0.5, 0.6) is 0 Å². The van der Waals surface area contributed by atoms with Crippen molar-refractivity contribution < 1.29 is 0 Å². The van der Waals surface area contributed by atoms with Gasteiger partial charge in [-0.2, -0.15) is 5.26 Å². The van der Waals surface area contributed by atoms with Crippen molar-refractivity contribution in [2.75, 3.05) is 0 Å². The van der Waals surface area contributed by atoms with Crippen molar-refractivity contribution in [3.05, 3.63) is 18.2 Å². The summed E-state index contributed by atoms with van der Waals surface area (Å²) in [6, 6.07) is 2.82. The molecule has 1 aliphatic rings. The average molecular weight is 231 g/mol. The second-order valence-corrected chi connectivity index (χ2v) is 5.22. The van der Waals surface area contributed by atoms with Crippen LogP contribution in [-0.2, 0) is 6.42 Å². The molecule has 17 heavy (non-hydrogen) atoms. The van der Waals surface area contributed by atoms with Crippen LogP contribution in [0.4, 0.5) is 0 Å². The number of nitrogens with zero attached hydrogens (tertiary/aromatic N) is 3. The van der Waals surface area contributed by atoms with Crippen molar-refractivity contribution >= 4 is 0 Å². The second kappa shape index (κ2) is 5.35. The Hall–Kier alpha value is -1.30. The third kappa shape index (κ3) is 2.52. The molecule has 1 fully saturated rings. The van der Waals surface area contributed by atoms with Gasteiger partial charge in [-0.1, -0.05) is 13.8 Å². The van der Waals surface area contributed by atoms with Crippen LogP contribution in [0.25, 0.3) is 0 Å². The summed E-state index contributed by atoms with van der Waals surface area (Å²) in [5.41, 5.74) is 0. The van der Waals surface area contributed by atoms with Gasteiger partial charge in [0.05, 0.1) is 18.0 Å². The molecule has 0 aliphatic heterocycles. The van der Waals surface area contributed by atoms with Crippen LogP contribution in [0.2, 0.25) is 0 Å². The van der Waals surface area contributed by atoms with E-state index in [9.17, 15) is 5.26 Å². The molecule has 1 heterocycles. The van der Waals surface area contributed by atoms with Gasteiger partial charge in [-0.15, -0.1) is 0 Å². The first-order valence-electron chi connectivity index (χ1n) is 6.67. The molecule has 1 aromatic heterocycles. The molecule has 92 valence electrons. The molecule has 0 amide bonds. The zero-order valence-electron chi connectivity index (χ0n) is 10.8. The smallest absolute Gasteiger partial charge is 0.108 e. The molecule has 1 aromatic rings. The van der Waals surface area contributed by atoms with E-state index in [1.54, 1.807) is 0 Å². The lowest BCUT2D eigenvalue weighted by atomic mass is 9.79. The van der Waals surface area contributed by atoms with E-state index in [-0.39, 0.29) is 5.92 Å². The molecule has 1 saturated carbocycles. The zero-order valence-corrected chi connectivity index (χ0v) is 10.8. The fraction of sp³-hybridized carbons (Fsp3) is 0.714. The summed E-state index contributed by atoms with van der Waals surface area (Å²) in [6.07, 6.45) is 9.38. The van der Waals surface area contributed by atoms with Gasteiger partial charge in [0, 0.05) is 18.8 Å². The summed E-state index contributed by atoms with van der Waals surface area (Å²) >= 11 is 0. The monoisotopic (exact) mass is 231 g/mol. The van der Waals surface area contributed by atoms with Crippen molar-refractivity contribution in [2.24, 2.45) is 11.8 Å². The van der Waals surface area contributed by atoms with E-state index in [1.807, 2.05) is 6.20 Å². The Kier molecular flexibility index (Phi) is 3.83. The number of imidazole rings is 1. The Labute approximate surface area is 103 Å². The normalized spacial score (nSPS) is 28.9. The molecule has 3 atom stereocenters. The van der Waals surface area contributed by atoms with Crippen LogP contribution in [0.1, 0.15) is 51.4 Å². The average Bonchev–Trinajstić information content (AvgIpc) is 2.77. The van der Waals surface area contributed by atoms with E-state index < -0.39 is 0 Å². The van der Waals surface area contributed by atoms with Crippen LogP contribution < -0.4 is 0 Å². The fourth-order valence-corrected chi connectivity index (χ4v) is 2.87. The largest absolute Gasteiger partial charge is 0.331 e. The molecule has 0 radical (unpaired) electrons. The summed E-state index contributed by atoms with van der Waals surface area (Å²) in [4.78, 5) is 4.43. The summed E-state index contributed by atoms with van der Waals surface area (Å²) in [7, 11) is 0. The maximum atomic E-state index is 9.28. The third-order valence-electron chi connectivity index (χ3n) is 3.82. The SMILES string of the molecule is CCCc1nccn1C1CC(C)CCC1C#N. The molecular weight excluding hydrogens is 210 g/mol. The minimum absolute atomic E-state index is 0.163. The number of aryl methyl sites for hydroxylation is 1. The van der Waals surface area contributed by atoms with Gasteiger partial charge in [-0.25, -0.2) is 4.98 Å². The summed E-state index contributed by atoms with van der Waals surface area (Å²) in [6.45, 7) is 4.46. The topological polar surface area (TPSA) is 41.6 Å². The molecule has 2 rings (SSSR count). The van der Waals surface area contributed by atoms with Crippen LogP contribution in [0.15, 0.2) is 12.4 Å². The van der Waals surface area contributed by atoms with Gasteiger partial charge in [-0.3, -0.25) is 0 Å². The van der Waals surface area contributed by atoms with Gasteiger partial charge < -0.3 is 4.57 Å². The number of hydrogen-bond donors (Lipinski definition) is 0. The zero-order chi connectivity index (χ0) is 12.3. The number of rotatable bonds is 3. The minimum Gasteiger partial charge on any atom is -0.331 e. The number of hydrogen-bond acceptors (Lipinski definition) is 2. The van der Waals surface area contributed by atoms with Crippen LogP contribution in [-0.4, -0.2) is 9.55 Å². The number of aromatic nitrogens is 2. The molecule has 3 nitrogen and oxygen atoms in total. The van der Waals surface area contributed by atoms with E-state index in [4.69, 9.17) is 0 Å². The van der Waals surface area contributed by atoms with Crippen molar-refractivity contribution in [1.29, 1.82) is 5.26 Å². The van der Waals surface area contributed by atoms with Gasteiger partial charge >= 0.3 is 0 Å². The molecule has 0 bridgehead atoms. The van der Waals surface area contributed by atoms with Gasteiger partial charge in [0.1, 0.15) is 5.82 Å². The summed E-state index contributed by atoms with van der Waals surface area (Å²) < 4.78 is 2.26. The highest BCUT2D eigenvalue weighted by Gasteiger charge is 2.30. The van der Waals surface area contributed by atoms with E-state index in [2.05, 4.69) is 35.7 Å². The van der Waals surface area contributed by atoms with Crippen LogP contribution >= 0.6 is 0 Å². The predicted molar refractivity (Wildman–Crippen MR) is 67.4 cm³/mol. The maximum Gasteiger partial charge on any atom is 0.108 e. The lowest BCUT2D eigenvalue weighted by Gasteiger charge is -2.32. The Balaban J connectivity index is 2.23. The van der Waals surface area contributed by atoms with Crippen molar-refractivity contribution in [3.63, 3.8) is 0 Å². The molecule has 0 saturated heterocycles. The van der Waals surface area contributed by atoms with E-state index in [0.29, 0.717) is 6.04 Å². The Morgan fingerprint density at radius 3 is 3.06 bits per heavy atom. The summed E-state index contributed by atoms with van der Waals surface area (Å²) in [5.74, 6) is 2.03. The molecule has 1 aliphatic carbocycles. The highest BCUT2D eigenvalue weighted by molar-refractivity contribution is 5.02. The molecule has 0 N–H and O–H groups in total. The van der Waals surface area contributed by atoms with Crippen molar-refractivity contribution in [2.45, 2.75) is 52.0 Å². The Morgan fingerprint density at radius 2 is 2.35 bits per heavy atom. The standard InChI is InChI=1S/C14H21N3/c1-3-4-14-16-7-8-17(14)13-9-11(2)5-6-12(13)10-15/h7-8,11-13H,3-6,9H2,1-2H3. The van der Waals surface area contributed by atoms with Gasteiger partial charge in [0.15, 0.2) is 0 Å². The lowest BCUT2D eigenvalue weighted by molar-refractivity contribution is 0.228. The maximum absolute atomic E-state index is 9.28. The van der Waals surface area contributed by atoms with Gasteiger partial charge in [0.25, 0.3) is 0 Å². The Morgan fingerprint density at radius 1 is 1.53 bits per heavy atom. The van der Waals surface area contributed by atoms with Gasteiger partial charge in [0.2, 0.25) is 0 Å². The quantitative estimate of drug-likeness (QED) is 0.800. The second-order valence-electron chi connectivity index (χ2n) is 5.22. The minimum atomic E-state index is 0.163. The molecule has 3 heteroatoms. The van der Waals surface area contributed by atoms with Crippen molar-refractivity contribution in [3.8, 4) is 6.07 Å². The number of nitriles is 1. The van der Waals surface area contributed by atoms with Crippen LogP contribution in [0, 0.1) is 23.2 Å². The van der Waals surface area contributed by atoms with Crippen molar-refractivity contribution in [1.82, 2.24) is 9.55 Å². The van der Waals surface area contributed by atoms with E-state index in [1.165, 1.54) is 6.42 Å². The van der Waals surface area contributed by atoms with E-state index >= 15 is 0 Å². The molecule has 0 aromatic carbocycles. The third-order valence-corrected chi connectivity index (χ3v) is 3.82. The predicted octanol–water partition coefficient (Wildman–Crippen LogP) is 3.34.